The zero-order chi connectivity index (χ0) is 10.7. The molecule has 1 aromatic heterocycles. The van der Waals surface area contributed by atoms with Crippen LogP contribution in [0, 0.1) is 6.92 Å². The topological polar surface area (TPSA) is 48.1 Å². The molecule has 0 fully saturated rings. The molecule has 1 aromatic carbocycles. The van der Waals surface area contributed by atoms with Crippen molar-refractivity contribution >= 4 is 5.69 Å². The first-order chi connectivity index (χ1) is 7.25. The fourth-order valence-electron chi connectivity index (χ4n) is 1.28. The molecule has 1 heterocycles. The predicted molar refractivity (Wildman–Crippen MR) is 59.9 cm³/mol. The minimum Gasteiger partial charge on any atom is -0.437 e. The maximum atomic E-state index is 5.72. The highest BCUT2D eigenvalue weighted by molar-refractivity contribution is 5.48. The third kappa shape index (κ3) is 2.26. The van der Waals surface area contributed by atoms with E-state index in [4.69, 9.17) is 10.5 Å². The van der Waals surface area contributed by atoms with Gasteiger partial charge in [0, 0.05) is 6.20 Å². The largest absolute Gasteiger partial charge is 0.437 e. The van der Waals surface area contributed by atoms with E-state index in [0.717, 1.165) is 11.3 Å². The van der Waals surface area contributed by atoms with Crippen LogP contribution in [0.1, 0.15) is 5.56 Å². The number of anilines is 1. The van der Waals surface area contributed by atoms with Crippen LogP contribution in [0.3, 0.4) is 0 Å². The Hall–Kier alpha value is -2.03. The van der Waals surface area contributed by atoms with Crippen molar-refractivity contribution in [1.29, 1.82) is 0 Å². The molecule has 0 amide bonds. The molecular weight excluding hydrogens is 188 g/mol. The van der Waals surface area contributed by atoms with E-state index in [1.165, 1.54) is 0 Å². The number of benzene rings is 1. The number of hydrogen-bond donors (Lipinski definition) is 1. The zero-order valence-electron chi connectivity index (χ0n) is 8.47. The Labute approximate surface area is 88.5 Å². The van der Waals surface area contributed by atoms with Crippen LogP contribution in [0.25, 0.3) is 0 Å². The van der Waals surface area contributed by atoms with Gasteiger partial charge in [-0.2, -0.15) is 0 Å². The number of ether oxygens (including phenoxy) is 1. The lowest BCUT2D eigenvalue weighted by Crippen LogP contribution is -1.94. The molecule has 0 aliphatic carbocycles. The van der Waals surface area contributed by atoms with Crippen LogP contribution < -0.4 is 10.5 Å². The molecule has 0 bridgehead atoms. The second-order valence-corrected chi connectivity index (χ2v) is 3.32. The number of nitrogens with zero attached hydrogens (tertiary/aromatic N) is 1. The summed E-state index contributed by atoms with van der Waals surface area (Å²) in [5, 5.41) is 0. The first-order valence-electron chi connectivity index (χ1n) is 4.71. The zero-order valence-corrected chi connectivity index (χ0v) is 8.47. The molecule has 0 unspecified atom stereocenters. The molecule has 76 valence electrons. The lowest BCUT2D eigenvalue weighted by Gasteiger charge is -2.06. The Morgan fingerprint density at radius 3 is 2.80 bits per heavy atom. The van der Waals surface area contributed by atoms with Crippen molar-refractivity contribution in [2.45, 2.75) is 6.92 Å². The fourth-order valence-corrected chi connectivity index (χ4v) is 1.28. The normalized spacial score (nSPS) is 9.93. The van der Waals surface area contributed by atoms with E-state index in [1.807, 2.05) is 31.2 Å². The lowest BCUT2D eigenvalue weighted by atomic mass is 10.2. The van der Waals surface area contributed by atoms with Gasteiger partial charge in [-0.25, -0.2) is 4.98 Å². The minimum atomic E-state index is 0.447. The number of aryl methyl sites for hydroxylation is 1. The predicted octanol–water partition coefficient (Wildman–Crippen LogP) is 2.76. The van der Waals surface area contributed by atoms with Gasteiger partial charge < -0.3 is 10.5 Å². The lowest BCUT2D eigenvalue weighted by molar-refractivity contribution is 0.465. The smallest absolute Gasteiger partial charge is 0.242 e. The van der Waals surface area contributed by atoms with Crippen LogP contribution in [0.2, 0.25) is 0 Å². The molecule has 2 N–H and O–H groups in total. The number of rotatable bonds is 2. The van der Waals surface area contributed by atoms with Crippen LogP contribution in [0.4, 0.5) is 5.69 Å². The Morgan fingerprint density at radius 1 is 1.20 bits per heavy atom. The standard InChI is InChI=1S/C12H12N2O/c1-9-4-2-5-10(8-9)15-12-11(13)6-3-7-14-12/h2-8H,13H2,1H3. The van der Waals surface area contributed by atoms with Crippen LogP contribution in [-0.2, 0) is 0 Å². The van der Waals surface area contributed by atoms with Crippen molar-refractivity contribution < 1.29 is 4.74 Å². The fraction of sp³-hybridized carbons (Fsp3) is 0.0833. The van der Waals surface area contributed by atoms with Gasteiger partial charge in [0.15, 0.2) is 0 Å². The van der Waals surface area contributed by atoms with E-state index in [9.17, 15) is 0 Å². The maximum Gasteiger partial charge on any atom is 0.242 e. The third-order valence-electron chi connectivity index (χ3n) is 2.00. The second-order valence-electron chi connectivity index (χ2n) is 3.32. The summed E-state index contributed by atoms with van der Waals surface area (Å²) in [4.78, 5) is 4.06. The van der Waals surface area contributed by atoms with Gasteiger partial charge in [-0.15, -0.1) is 0 Å². The number of nitrogens with two attached hydrogens (primary N) is 1. The Kier molecular flexibility index (Phi) is 2.54. The van der Waals surface area contributed by atoms with E-state index >= 15 is 0 Å². The number of hydrogen-bond acceptors (Lipinski definition) is 3. The van der Waals surface area contributed by atoms with E-state index in [0.29, 0.717) is 11.6 Å². The molecule has 0 aliphatic rings. The average molecular weight is 200 g/mol. The summed E-state index contributed by atoms with van der Waals surface area (Å²) in [7, 11) is 0. The second kappa shape index (κ2) is 4.00. The minimum absolute atomic E-state index is 0.447. The van der Waals surface area contributed by atoms with Gasteiger partial charge in [-0.05, 0) is 36.8 Å². The summed E-state index contributed by atoms with van der Waals surface area (Å²) in [6.45, 7) is 2.01. The highest BCUT2D eigenvalue weighted by Gasteiger charge is 2.01. The molecular formula is C12H12N2O. The van der Waals surface area contributed by atoms with E-state index < -0.39 is 0 Å². The molecule has 0 radical (unpaired) electrons. The molecule has 2 aromatic rings. The summed E-state index contributed by atoms with van der Waals surface area (Å²) >= 11 is 0. The van der Waals surface area contributed by atoms with E-state index in [2.05, 4.69) is 4.98 Å². The SMILES string of the molecule is Cc1cccc(Oc2ncccc2N)c1. The van der Waals surface area contributed by atoms with Gasteiger partial charge in [0.1, 0.15) is 5.75 Å². The number of aromatic nitrogens is 1. The van der Waals surface area contributed by atoms with Crippen molar-refractivity contribution in [1.82, 2.24) is 4.98 Å². The Bertz CT molecular complexity index is 469. The van der Waals surface area contributed by atoms with Gasteiger partial charge in [-0.1, -0.05) is 12.1 Å². The van der Waals surface area contributed by atoms with Crippen molar-refractivity contribution in [3.05, 3.63) is 48.2 Å². The number of pyridine rings is 1. The monoisotopic (exact) mass is 200 g/mol. The Morgan fingerprint density at radius 2 is 2.07 bits per heavy atom. The van der Waals surface area contributed by atoms with Crippen LogP contribution in [0.5, 0.6) is 11.6 Å². The molecule has 0 saturated heterocycles. The highest BCUT2D eigenvalue weighted by Crippen LogP contribution is 2.24. The summed E-state index contributed by atoms with van der Waals surface area (Å²) < 4.78 is 5.55. The van der Waals surface area contributed by atoms with Crippen LogP contribution in [-0.4, -0.2) is 4.98 Å². The molecule has 2 rings (SSSR count). The summed E-state index contributed by atoms with van der Waals surface area (Å²) in [5.74, 6) is 1.20. The quantitative estimate of drug-likeness (QED) is 0.810. The van der Waals surface area contributed by atoms with Gasteiger partial charge in [-0.3, -0.25) is 0 Å². The number of nitrogen functional groups attached to an aromatic ring is 1. The van der Waals surface area contributed by atoms with Gasteiger partial charge in [0.05, 0.1) is 5.69 Å². The maximum absolute atomic E-state index is 5.72. The van der Waals surface area contributed by atoms with Crippen molar-refractivity contribution in [2.24, 2.45) is 0 Å². The molecule has 0 spiro atoms. The average Bonchev–Trinajstić information content (AvgIpc) is 2.22. The van der Waals surface area contributed by atoms with E-state index in [1.54, 1.807) is 18.3 Å². The summed E-state index contributed by atoms with van der Waals surface area (Å²) in [6.07, 6.45) is 1.65. The van der Waals surface area contributed by atoms with Gasteiger partial charge >= 0.3 is 0 Å². The molecule has 0 saturated carbocycles. The van der Waals surface area contributed by atoms with Crippen molar-refractivity contribution in [2.75, 3.05) is 5.73 Å². The van der Waals surface area contributed by atoms with Crippen molar-refractivity contribution in [3.63, 3.8) is 0 Å². The molecule has 3 heteroatoms. The van der Waals surface area contributed by atoms with Gasteiger partial charge in [0.25, 0.3) is 0 Å². The third-order valence-corrected chi connectivity index (χ3v) is 2.00. The summed E-state index contributed by atoms with van der Waals surface area (Å²) in [6, 6.07) is 11.3. The van der Waals surface area contributed by atoms with Gasteiger partial charge in [0.2, 0.25) is 5.88 Å². The molecule has 0 aliphatic heterocycles. The van der Waals surface area contributed by atoms with Crippen molar-refractivity contribution in [3.8, 4) is 11.6 Å². The first-order valence-corrected chi connectivity index (χ1v) is 4.71. The molecule has 0 atom stereocenters. The first kappa shape index (κ1) is 9.52. The molecule has 15 heavy (non-hydrogen) atoms. The Balaban J connectivity index is 2.26. The van der Waals surface area contributed by atoms with Crippen LogP contribution >= 0.6 is 0 Å². The summed E-state index contributed by atoms with van der Waals surface area (Å²) in [5.41, 5.74) is 7.40. The van der Waals surface area contributed by atoms with Crippen LogP contribution in [0.15, 0.2) is 42.6 Å². The molecule has 3 nitrogen and oxygen atoms in total. The van der Waals surface area contributed by atoms with E-state index in [-0.39, 0.29) is 0 Å². The highest BCUT2D eigenvalue weighted by atomic mass is 16.5.